The third-order valence-corrected chi connectivity index (χ3v) is 1.78. The van der Waals surface area contributed by atoms with Crippen molar-refractivity contribution in [1.29, 1.82) is 0 Å². The minimum Gasteiger partial charge on any atom is -0.455 e. The number of rotatable bonds is 1. The zero-order valence-electron chi connectivity index (χ0n) is 6.52. The highest BCUT2D eigenvalue weighted by Crippen LogP contribution is 2.25. The Bertz CT molecular complexity index is 177. The van der Waals surface area contributed by atoms with Crippen LogP contribution in [0.25, 0.3) is 0 Å². The number of carbonyl (C=O) groups excluding carboxylic acids is 1. The SMILES string of the molecule is C[C@@]1(O)C(=O)O[C@H](CO)[C@H]1O.O. The Labute approximate surface area is 68.7 Å². The average molecular weight is 180 g/mol. The second-order valence-electron chi connectivity index (χ2n) is 2.72. The third kappa shape index (κ3) is 1.42. The molecule has 0 aromatic rings. The van der Waals surface area contributed by atoms with Crippen LogP contribution in [0.4, 0.5) is 0 Å². The van der Waals surface area contributed by atoms with Gasteiger partial charge in [0.05, 0.1) is 6.61 Å². The number of aliphatic hydroxyl groups is 3. The third-order valence-electron chi connectivity index (χ3n) is 1.78. The lowest BCUT2D eigenvalue weighted by Gasteiger charge is -2.16. The van der Waals surface area contributed by atoms with Crippen LogP contribution in [0.3, 0.4) is 0 Å². The summed E-state index contributed by atoms with van der Waals surface area (Å²) < 4.78 is 4.45. The van der Waals surface area contributed by atoms with Crippen LogP contribution >= 0.6 is 0 Å². The Kier molecular flexibility index (Phi) is 3.17. The molecule has 1 rings (SSSR count). The summed E-state index contributed by atoms with van der Waals surface area (Å²) in [6, 6.07) is 0. The van der Waals surface area contributed by atoms with E-state index in [0.29, 0.717) is 0 Å². The number of esters is 1. The quantitative estimate of drug-likeness (QED) is 0.376. The van der Waals surface area contributed by atoms with Gasteiger partial charge < -0.3 is 25.5 Å². The molecule has 6 heteroatoms. The lowest BCUT2D eigenvalue weighted by atomic mass is 9.99. The Morgan fingerprint density at radius 1 is 1.67 bits per heavy atom. The molecule has 12 heavy (non-hydrogen) atoms. The van der Waals surface area contributed by atoms with E-state index >= 15 is 0 Å². The Morgan fingerprint density at radius 2 is 2.17 bits per heavy atom. The predicted molar refractivity (Wildman–Crippen MR) is 37.2 cm³/mol. The predicted octanol–water partition coefficient (Wildman–Crippen LogP) is -2.81. The van der Waals surface area contributed by atoms with Gasteiger partial charge in [-0.1, -0.05) is 0 Å². The molecule has 0 aromatic carbocycles. The second-order valence-corrected chi connectivity index (χ2v) is 2.72. The fourth-order valence-electron chi connectivity index (χ4n) is 0.941. The smallest absolute Gasteiger partial charge is 0.341 e. The van der Waals surface area contributed by atoms with Crippen LogP contribution in [-0.2, 0) is 9.53 Å². The van der Waals surface area contributed by atoms with Crippen LogP contribution in [0.5, 0.6) is 0 Å². The fraction of sp³-hybridized carbons (Fsp3) is 0.833. The van der Waals surface area contributed by atoms with Crippen molar-refractivity contribution in [3.05, 3.63) is 0 Å². The molecule has 0 saturated carbocycles. The molecule has 0 bridgehead atoms. The van der Waals surface area contributed by atoms with Crippen molar-refractivity contribution in [2.75, 3.05) is 6.61 Å². The number of carbonyl (C=O) groups is 1. The molecule has 0 spiro atoms. The maximum absolute atomic E-state index is 10.7. The summed E-state index contributed by atoms with van der Waals surface area (Å²) in [4.78, 5) is 10.7. The highest BCUT2D eigenvalue weighted by molar-refractivity contribution is 5.82. The van der Waals surface area contributed by atoms with Crippen LogP contribution in [-0.4, -0.2) is 51.2 Å². The van der Waals surface area contributed by atoms with Crippen LogP contribution in [0.2, 0.25) is 0 Å². The first kappa shape index (κ1) is 11.3. The lowest BCUT2D eigenvalue weighted by molar-refractivity contribution is -0.155. The molecule has 1 heterocycles. The van der Waals surface area contributed by atoms with Gasteiger partial charge >= 0.3 is 5.97 Å². The number of cyclic esters (lactones) is 1. The van der Waals surface area contributed by atoms with Gasteiger partial charge in [0, 0.05) is 0 Å². The standard InChI is InChI=1S/C6H10O5.H2O/c1-6(10)4(8)3(2-7)11-5(6)9;/h3-4,7-8,10H,2H2,1H3;1H2/t3-,4-,6+;/m1./s1. The first-order chi connectivity index (χ1) is 5.00. The molecule has 0 radical (unpaired) electrons. The molecule has 5 N–H and O–H groups in total. The summed E-state index contributed by atoms with van der Waals surface area (Å²) in [6.45, 7) is 0.665. The average Bonchev–Trinajstić information content (AvgIpc) is 2.14. The maximum atomic E-state index is 10.7. The summed E-state index contributed by atoms with van der Waals surface area (Å²) in [5.41, 5.74) is -1.88. The topological polar surface area (TPSA) is 118 Å². The van der Waals surface area contributed by atoms with Crippen LogP contribution in [0, 0.1) is 0 Å². The van der Waals surface area contributed by atoms with Gasteiger partial charge in [-0.25, -0.2) is 4.79 Å². The Balaban J connectivity index is 0.00000121. The largest absolute Gasteiger partial charge is 0.455 e. The van der Waals surface area contributed by atoms with E-state index in [1.165, 1.54) is 0 Å². The van der Waals surface area contributed by atoms with E-state index in [0.717, 1.165) is 6.92 Å². The molecule has 3 atom stereocenters. The van der Waals surface area contributed by atoms with Gasteiger partial charge in [0.1, 0.15) is 6.10 Å². The summed E-state index contributed by atoms with van der Waals surface area (Å²) in [5, 5.41) is 26.9. The lowest BCUT2D eigenvalue weighted by Crippen LogP contribution is -2.43. The Hall–Kier alpha value is -0.690. The number of hydrogen-bond acceptors (Lipinski definition) is 5. The highest BCUT2D eigenvalue weighted by Gasteiger charge is 2.52. The zero-order chi connectivity index (χ0) is 8.65. The van der Waals surface area contributed by atoms with Crippen LogP contribution < -0.4 is 0 Å². The van der Waals surface area contributed by atoms with Crippen molar-refractivity contribution in [2.24, 2.45) is 0 Å². The highest BCUT2D eigenvalue weighted by atomic mass is 16.6. The van der Waals surface area contributed by atoms with E-state index in [1.807, 2.05) is 0 Å². The molecule has 1 saturated heterocycles. The minimum absolute atomic E-state index is 0. The van der Waals surface area contributed by atoms with Gasteiger partial charge in [-0.3, -0.25) is 0 Å². The van der Waals surface area contributed by atoms with Gasteiger partial charge in [0.15, 0.2) is 11.7 Å². The fourth-order valence-corrected chi connectivity index (χ4v) is 0.941. The minimum atomic E-state index is -1.88. The second kappa shape index (κ2) is 3.36. The maximum Gasteiger partial charge on any atom is 0.341 e. The van der Waals surface area contributed by atoms with Crippen molar-refractivity contribution in [2.45, 2.75) is 24.7 Å². The molecular formula is C6H12O6. The molecule has 0 amide bonds. The van der Waals surface area contributed by atoms with Crippen molar-refractivity contribution < 1.29 is 30.3 Å². The van der Waals surface area contributed by atoms with Crippen molar-refractivity contribution in [1.82, 2.24) is 0 Å². The Morgan fingerprint density at radius 3 is 2.33 bits per heavy atom. The molecule has 1 aliphatic heterocycles. The van der Waals surface area contributed by atoms with E-state index < -0.39 is 30.4 Å². The molecular weight excluding hydrogens is 168 g/mol. The van der Waals surface area contributed by atoms with Crippen LogP contribution in [0.15, 0.2) is 0 Å². The van der Waals surface area contributed by atoms with Crippen molar-refractivity contribution >= 4 is 5.97 Å². The number of hydrogen-bond donors (Lipinski definition) is 3. The van der Waals surface area contributed by atoms with Gasteiger partial charge in [-0.15, -0.1) is 0 Å². The summed E-state index contributed by atoms with van der Waals surface area (Å²) >= 11 is 0. The molecule has 6 nitrogen and oxygen atoms in total. The van der Waals surface area contributed by atoms with E-state index in [1.54, 1.807) is 0 Å². The molecule has 0 unspecified atom stereocenters. The summed E-state index contributed by atoms with van der Waals surface area (Å²) in [6.07, 6.45) is -2.35. The van der Waals surface area contributed by atoms with Crippen LogP contribution in [0.1, 0.15) is 6.92 Å². The molecule has 0 aliphatic carbocycles. The summed E-state index contributed by atoms with van der Waals surface area (Å²) in [5.74, 6) is -0.899. The normalized spacial score (nSPS) is 40.5. The number of aliphatic hydroxyl groups excluding tert-OH is 2. The van der Waals surface area contributed by atoms with Crippen molar-refractivity contribution in [3.63, 3.8) is 0 Å². The molecule has 1 fully saturated rings. The van der Waals surface area contributed by atoms with E-state index in [9.17, 15) is 9.90 Å². The first-order valence-corrected chi connectivity index (χ1v) is 3.22. The van der Waals surface area contributed by atoms with Gasteiger partial charge in [-0.2, -0.15) is 0 Å². The van der Waals surface area contributed by atoms with E-state index in [2.05, 4.69) is 4.74 Å². The monoisotopic (exact) mass is 180 g/mol. The van der Waals surface area contributed by atoms with Gasteiger partial charge in [0.2, 0.25) is 0 Å². The van der Waals surface area contributed by atoms with Gasteiger partial charge in [-0.05, 0) is 6.92 Å². The summed E-state index contributed by atoms with van der Waals surface area (Å²) in [7, 11) is 0. The molecule has 72 valence electrons. The molecule has 1 aliphatic rings. The van der Waals surface area contributed by atoms with Crippen molar-refractivity contribution in [3.8, 4) is 0 Å². The van der Waals surface area contributed by atoms with E-state index in [-0.39, 0.29) is 5.48 Å². The molecule has 0 aromatic heterocycles. The first-order valence-electron chi connectivity index (χ1n) is 3.22. The number of ether oxygens (including phenoxy) is 1. The van der Waals surface area contributed by atoms with E-state index in [4.69, 9.17) is 10.2 Å². The zero-order valence-corrected chi connectivity index (χ0v) is 6.52. The van der Waals surface area contributed by atoms with Gasteiger partial charge in [0.25, 0.3) is 0 Å².